The average Bonchev–Trinajstić information content (AvgIpc) is 3.09. The smallest absolute Gasteiger partial charge is 0.103 e. The zero-order valence-corrected chi connectivity index (χ0v) is 39.7. The van der Waals surface area contributed by atoms with Crippen LogP contribution in [0.4, 0.5) is 0 Å². The maximum Gasteiger partial charge on any atom is 0.103 e. The summed E-state index contributed by atoms with van der Waals surface area (Å²) >= 11 is 0. The van der Waals surface area contributed by atoms with Crippen LogP contribution in [0.3, 0.4) is 0 Å². The third kappa shape index (κ3) is 41.1. The first kappa shape index (κ1) is 55.4. The Bertz CT molecular complexity index is 1110. The van der Waals surface area contributed by atoms with Gasteiger partial charge in [-0.3, -0.25) is 0 Å². The van der Waals surface area contributed by atoms with E-state index in [1.165, 1.54) is 78.2 Å². The van der Waals surface area contributed by atoms with Crippen LogP contribution in [-0.2, 0) is 4.52 Å². The lowest BCUT2D eigenvalue weighted by Gasteiger charge is -2.19. The molecule has 0 aromatic carbocycles. The van der Waals surface area contributed by atoms with E-state index in [1.54, 1.807) is 17.1 Å². The monoisotopic (exact) mass is 768 g/mol. The van der Waals surface area contributed by atoms with Gasteiger partial charge in [0.05, 0.1) is 50.4 Å². The van der Waals surface area contributed by atoms with Gasteiger partial charge in [0.1, 0.15) is 5.92 Å². The van der Waals surface area contributed by atoms with Gasteiger partial charge in [0.2, 0.25) is 0 Å². The van der Waals surface area contributed by atoms with E-state index >= 15 is 0 Å². The first-order valence-corrected chi connectivity index (χ1v) is 22.9. The van der Waals surface area contributed by atoms with Crippen molar-refractivity contribution in [2.45, 2.75) is 174 Å². The highest BCUT2D eigenvalue weighted by molar-refractivity contribution is 8.00. The van der Waals surface area contributed by atoms with Gasteiger partial charge in [-0.25, -0.2) is 0 Å². The van der Waals surface area contributed by atoms with E-state index in [2.05, 4.69) is 162 Å². The molecule has 0 heterocycles. The van der Waals surface area contributed by atoms with Crippen LogP contribution in [0, 0.1) is 29.6 Å². The Hall–Kier alpha value is -1.91. The highest BCUT2D eigenvalue weighted by Gasteiger charge is 2.23. The van der Waals surface area contributed by atoms with Crippen LogP contribution in [0.25, 0.3) is 0 Å². The molecular weight excluding hydrogens is 678 g/mol. The molecule has 3 heteroatoms. The minimum Gasteiger partial charge on any atom is -0.354 e. The Morgan fingerprint density at radius 3 is 1.55 bits per heavy atom. The third-order valence-electron chi connectivity index (χ3n) is 9.36. The van der Waals surface area contributed by atoms with Crippen molar-refractivity contribution in [3.8, 4) is 0 Å². The van der Waals surface area contributed by atoms with Crippen molar-refractivity contribution in [2.75, 3.05) is 6.61 Å². The maximum atomic E-state index is 5.23. The molecule has 0 saturated carbocycles. The fourth-order valence-corrected chi connectivity index (χ4v) is 5.67. The summed E-state index contributed by atoms with van der Waals surface area (Å²) < 4.78 is 5.23. The molecule has 0 spiro atoms. The minimum absolute atomic E-state index is 0. The molecule has 0 fully saturated rings. The van der Waals surface area contributed by atoms with Gasteiger partial charge in [-0.15, -0.1) is 0 Å². The van der Waals surface area contributed by atoms with Crippen LogP contribution in [0.2, 0.25) is 0 Å². The van der Waals surface area contributed by atoms with Gasteiger partial charge < -0.3 is 4.52 Å². The van der Waals surface area contributed by atoms with Crippen molar-refractivity contribution in [1.29, 1.82) is 0 Å². The van der Waals surface area contributed by atoms with Gasteiger partial charge >= 0.3 is 0 Å². The van der Waals surface area contributed by atoms with Crippen LogP contribution < -0.4 is 0 Å². The summed E-state index contributed by atoms with van der Waals surface area (Å²) in [5.41, 5.74) is 10.1. The van der Waals surface area contributed by atoms with Gasteiger partial charge in [-0.05, 0) is 133 Å². The Labute approximate surface area is 339 Å². The predicted molar refractivity (Wildman–Crippen MR) is 256 cm³/mol. The summed E-state index contributed by atoms with van der Waals surface area (Å²) in [6.07, 6.45) is 32.2. The zero-order valence-electron chi connectivity index (χ0n) is 37.6. The minimum atomic E-state index is 0. The van der Waals surface area contributed by atoms with Crippen molar-refractivity contribution in [3.05, 3.63) is 125 Å². The normalized spacial score (nSPS) is 16.1. The second-order valence-electron chi connectivity index (χ2n) is 16.0. The molecule has 0 saturated heterocycles. The van der Waals surface area contributed by atoms with E-state index in [0.29, 0.717) is 8.50 Å². The molecule has 0 N–H and O–H groups in total. The molecule has 2 rings (SSSR count). The quantitative estimate of drug-likeness (QED) is 0.0658. The third-order valence-corrected chi connectivity index (χ3v) is 10.2. The van der Waals surface area contributed by atoms with Crippen molar-refractivity contribution >= 4 is 17.4 Å². The van der Waals surface area contributed by atoms with Crippen LogP contribution >= 0.6 is 17.4 Å². The zero-order chi connectivity index (χ0) is 41.2. The van der Waals surface area contributed by atoms with Crippen molar-refractivity contribution < 1.29 is 5.95 Å². The fourth-order valence-electron chi connectivity index (χ4n) is 5.21. The fraction of sp³-hybridized carbons (Fsp3) is 0.580. The van der Waals surface area contributed by atoms with Crippen molar-refractivity contribution in [1.82, 2.24) is 0 Å². The summed E-state index contributed by atoms with van der Waals surface area (Å²) in [7, 11) is 3.09. The first-order valence-electron chi connectivity index (χ1n) is 20.2. The van der Waals surface area contributed by atoms with E-state index in [0.717, 1.165) is 57.0 Å². The van der Waals surface area contributed by atoms with Crippen LogP contribution in [-0.4, -0.2) is 6.61 Å². The molecule has 0 radical (unpaired) electrons. The van der Waals surface area contributed by atoms with E-state index in [-0.39, 0.29) is 1.43 Å². The molecule has 302 valence electrons. The molecule has 2 aliphatic carbocycles. The Kier molecular flexibility index (Phi) is 38.7. The lowest BCUT2D eigenvalue weighted by Crippen LogP contribution is -2.09. The van der Waals surface area contributed by atoms with E-state index < -0.39 is 0 Å². The molecule has 0 aliphatic heterocycles. The SMILES string of the molecule is C=C(C)C1CC=C(C)CC1.C=C[C+](C)CCC=C(C)C.C=C[C+](C)CCC=C(C)C.CC(C)=CCC/C(C)=C/COPP.CC1=CCC([C+](C)C)CC1.[HH]. The van der Waals surface area contributed by atoms with E-state index in [1.807, 2.05) is 12.2 Å². The Morgan fingerprint density at radius 2 is 1.21 bits per heavy atom. The topological polar surface area (TPSA) is 9.23 Å². The molecule has 4 atom stereocenters. The molecule has 0 aromatic rings. The molecular formula is C50H89OP2+3. The molecule has 53 heavy (non-hydrogen) atoms. The van der Waals surface area contributed by atoms with Gasteiger partial charge in [0.25, 0.3) is 0 Å². The molecule has 4 unspecified atom stereocenters. The van der Waals surface area contributed by atoms with Gasteiger partial charge in [0, 0.05) is 56.2 Å². The number of rotatable bonds is 16. The highest BCUT2D eigenvalue weighted by Crippen LogP contribution is 2.30. The second-order valence-corrected chi connectivity index (χ2v) is 17.2. The molecule has 2 aliphatic rings. The molecule has 1 nitrogen and oxygen atoms in total. The Balaban J connectivity index is -0.000000289. The van der Waals surface area contributed by atoms with Crippen molar-refractivity contribution in [2.24, 2.45) is 11.8 Å². The van der Waals surface area contributed by atoms with Crippen LogP contribution in [0.15, 0.2) is 107 Å². The lowest BCUT2D eigenvalue weighted by atomic mass is 9.83. The first-order chi connectivity index (χ1) is 24.9. The molecule has 0 bridgehead atoms. The Morgan fingerprint density at radius 1 is 0.755 bits per heavy atom. The van der Waals surface area contributed by atoms with E-state index in [4.69, 9.17) is 4.52 Å². The van der Waals surface area contributed by atoms with Crippen LogP contribution in [0.5, 0.6) is 0 Å². The number of allylic oxidation sites excluding steroid dienone is 14. The van der Waals surface area contributed by atoms with Gasteiger partial charge in [-0.1, -0.05) is 91.0 Å². The number of hydrogen-bond donors (Lipinski definition) is 0. The highest BCUT2D eigenvalue weighted by atomic mass is 32.0. The maximum absolute atomic E-state index is 5.23. The largest absolute Gasteiger partial charge is 0.354 e. The van der Waals surface area contributed by atoms with Gasteiger partial charge in [0.15, 0.2) is 0 Å². The summed E-state index contributed by atoms with van der Waals surface area (Å²) in [4.78, 5) is 0. The molecule has 0 aromatic heterocycles. The predicted octanol–water partition coefficient (Wildman–Crippen LogP) is 18.0. The molecule has 0 amide bonds. The van der Waals surface area contributed by atoms with Gasteiger partial charge in [-0.2, -0.15) is 0 Å². The summed E-state index contributed by atoms with van der Waals surface area (Å²) in [6.45, 7) is 42.4. The lowest BCUT2D eigenvalue weighted by molar-refractivity contribution is 0.422. The van der Waals surface area contributed by atoms with Crippen molar-refractivity contribution in [3.63, 3.8) is 0 Å². The second kappa shape index (κ2) is 37.0. The summed E-state index contributed by atoms with van der Waals surface area (Å²) in [5.74, 6) is 5.99. The van der Waals surface area contributed by atoms with E-state index in [9.17, 15) is 0 Å². The number of hydrogen-bond acceptors (Lipinski definition) is 1. The summed E-state index contributed by atoms with van der Waals surface area (Å²) in [5, 5.41) is 0. The summed E-state index contributed by atoms with van der Waals surface area (Å²) in [6, 6.07) is 0. The van der Waals surface area contributed by atoms with Crippen LogP contribution in [0.1, 0.15) is 175 Å². The standard InChI is InChI=1S/C10H20OP2.C10H17.C10H16.2C10H17.H2/c1-9(2)5-4-6-10(3)7-8-11-13-12;2*1-8(2)10-6-4-9(3)5-7-10;2*1-5-10(4)8-6-7-9(2)3;/h5,7,13H,4,6,8,12H2,1-3H3;4,10H,5-7H2,1-3H3;4,10H,1,5-7H2,2-3H3;2*5,7H,1,6,8H2,2-4H3;1H/q;+1;;2*+1;/b10-7+;;;;;. The average molecular weight is 768 g/mol.